The van der Waals surface area contributed by atoms with Crippen LogP contribution in [0.25, 0.3) is 0 Å². The van der Waals surface area contributed by atoms with Crippen molar-refractivity contribution in [1.29, 1.82) is 0 Å². The Kier molecular flexibility index (Phi) is 3.97. The number of ether oxygens (including phenoxy) is 1. The van der Waals surface area contributed by atoms with Gasteiger partial charge < -0.3 is 9.84 Å². The van der Waals surface area contributed by atoms with E-state index < -0.39 is 5.60 Å². The molecule has 0 amide bonds. The number of methoxy groups -OCH3 is 1. The smallest absolute Gasteiger partial charge is 0.137 e. The fraction of sp³-hybridized carbons (Fsp3) is 0.571. The van der Waals surface area contributed by atoms with Crippen LogP contribution in [0, 0.1) is 0 Å². The number of aliphatic hydroxyl groups is 1. The summed E-state index contributed by atoms with van der Waals surface area (Å²) in [6.07, 6.45) is 7.08. The van der Waals surface area contributed by atoms with E-state index >= 15 is 0 Å². The lowest BCUT2D eigenvalue weighted by molar-refractivity contribution is -0.125. The van der Waals surface area contributed by atoms with E-state index in [1.165, 1.54) is 0 Å². The molecule has 0 unspecified atom stereocenters. The van der Waals surface area contributed by atoms with Crippen molar-refractivity contribution >= 4 is 5.78 Å². The summed E-state index contributed by atoms with van der Waals surface area (Å²) in [6.45, 7) is 0. The lowest BCUT2D eigenvalue weighted by Crippen LogP contribution is -2.34. The van der Waals surface area contributed by atoms with Gasteiger partial charge in [-0.1, -0.05) is 0 Å². The number of pyridine rings is 1. The minimum atomic E-state index is -0.684. The van der Waals surface area contributed by atoms with Crippen molar-refractivity contribution in [2.24, 2.45) is 0 Å². The fourth-order valence-corrected chi connectivity index (χ4v) is 2.33. The zero-order valence-corrected chi connectivity index (χ0v) is 10.7. The Morgan fingerprint density at radius 3 is 2.78 bits per heavy atom. The zero-order valence-electron chi connectivity index (χ0n) is 10.7. The first-order valence-corrected chi connectivity index (χ1v) is 6.33. The van der Waals surface area contributed by atoms with E-state index in [0.717, 1.165) is 17.7 Å². The van der Waals surface area contributed by atoms with Gasteiger partial charge in [0.2, 0.25) is 0 Å². The van der Waals surface area contributed by atoms with E-state index in [1.54, 1.807) is 19.5 Å². The summed E-state index contributed by atoms with van der Waals surface area (Å²) in [5.41, 5.74) is 0.372. The van der Waals surface area contributed by atoms with Gasteiger partial charge in [0.05, 0.1) is 18.9 Å². The van der Waals surface area contributed by atoms with Crippen LogP contribution in [0.4, 0.5) is 0 Å². The molecule has 2 rings (SSSR count). The number of nitrogens with zero attached hydrogens (tertiary/aromatic N) is 1. The Morgan fingerprint density at radius 2 is 2.11 bits per heavy atom. The van der Waals surface area contributed by atoms with Crippen LogP contribution in [-0.4, -0.2) is 28.6 Å². The number of rotatable bonds is 4. The number of ketones is 1. The SMILES string of the molecule is COc1cncc(CCC2(O)CCC(=O)CC2)c1. The molecule has 1 heterocycles. The quantitative estimate of drug-likeness (QED) is 0.885. The average Bonchev–Trinajstić information content (AvgIpc) is 2.41. The van der Waals surface area contributed by atoms with E-state index in [-0.39, 0.29) is 5.78 Å². The van der Waals surface area contributed by atoms with Gasteiger partial charge in [-0.05, 0) is 37.3 Å². The van der Waals surface area contributed by atoms with E-state index in [9.17, 15) is 9.90 Å². The van der Waals surface area contributed by atoms with Gasteiger partial charge in [0.25, 0.3) is 0 Å². The molecular weight excluding hydrogens is 230 g/mol. The normalized spacial score (nSPS) is 18.7. The minimum absolute atomic E-state index is 0.266. The Labute approximate surface area is 107 Å². The highest BCUT2D eigenvalue weighted by Gasteiger charge is 2.31. The molecule has 18 heavy (non-hydrogen) atoms. The number of aryl methyl sites for hydroxylation is 1. The number of hydrogen-bond donors (Lipinski definition) is 1. The molecule has 4 heteroatoms. The van der Waals surface area contributed by atoms with Crippen LogP contribution in [0.2, 0.25) is 0 Å². The van der Waals surface area contributed by atoms with E-state index in [2.05, 4.69) is 4.98 Å². The maximum atomic E-state index is 11.2. The van der Waals surface area contributed by atoms with Crippen LogP contribution in [0.1, 0.15) is 37.7 Å². The summed E-state index contributed by atoms with van der Waals surface area (Å²) >= 11 is 0. The summed E-state index contributed by atoms with van der Waals surface area (Å²) in [6, 6.07) is 1.93. The molecule has 0 bridgehead atoms. The van der Waals surface area contributed by atoms with Gasteiger partial charge in [0.15, 0.2) is 0 Å². The second-order valence-corrected chi connectivity index (χ2v) is 5.00. The van der Waals surface area contributed by atoms with Crippen molar-refractivity contribution in [1.82, 2.24) is 4.98 Å². The van der Waals surface area contributed by atoms with Crippen LogP contribution in [-0.2, 0) is 11.2 Å². The second-order valence-electron chi connectivity index (χ2n) is 5.00. The Bertz CT molecular complexity index is 421. The monoisotopic (exact) mass is 249 g/mol. The third kappa shape index (κ3) is 3.29. The molecule has 1 aromatic rings. The first-order valence-electron chi connectivity index (χ1n) is 6.33. The maximum Gasteiger partial charge on any atom is 0.137 e. The van der Waals surface area contributed by atoms with Crippen LogP contribution in [0.3, 0.4) is 0 Å². The molecule has 1 aliphatic carbocycles. The molecule has 0 spiro atoms. The molecule has 1 fully saturated rings. The minimum Gasteiger partial charge on any atom is -0.495 e. The molecule has 0 atom stereocenters. The highest BCUT2D eigenvalue weighted by Crippen LogP contribution is 2.30. The number of hydrogen-bond acceptors (Lipinski definition) is 4. The molecule has 1 N–H and O–H groups in total. The number of carbonyl (C=O) groups is 1. The zero-order chi connectivity index (χ0) is 13.0. The lowest BCUT2D eigenvalue weighted by Gasteiger charge is -2.31. The first-order chi connectivity index (χ1) is 8.61. The van der Waals surface area contributed by atoms with Crippen molar-refractivity contribution in [2.75, 3.05) is 7.11 Å². The van der Waals surface area contributed by atoms with Crippen molar-refractivity contribution in [2.45, 2.75) is 44.1 Å². The van der Waals surface area contributed by atoms with E-state index in [1.807, 2.05) is 6.07 Å². The highest BCUT2D eigenvalue weighted by molar-refractivity contribution is 5.79. The summed E-state index contributed by atoms with van der Waals surface area (Å²) in [4.78, 5) is 15.3. The molecule has 0 saturated heterocycles. The first kappa shape index (κ1) is 13.0. The molecule has 1 aromatic heterocycles. The number of aromatic nitrogens is 1. The van der Waals surface area contributed by atoms with Crippen molar-refractivity contribution in [3.05, 3.63) is 24.0 Å². The Balaban J connectivity index is 1.92. The van der Waals surface area contributed by atoms with Gasteiger partial charge in [0, 0.05) is 19.0 Å². The predicted molar refractivity (Wildman–Crippen MR) is 67.5 cm³/mol. The summed E-state index contributed by atoms with van der Waals surface area (Å²) in [5, 5.41) is 10.4. The maximum absolute atomic E-state index is 11.2. The molecule has 98 valence electrons. The van der Waals surface area contributed by atoms with Gasteiger partial charge in [0.1, 0.15) is 11.5 Å². The standard InChI is InChI=1S/C14H19NO3/c1-18-13-8-11(9-15-10-13)2-5-14(17)6-3-12(16)4-7-14/h8-10,17H,2-7H2,1H3. The molecular formula is C14H19NO3. The largest absolute Gasteiger partial charge is 0.495 e. The third-order valence-electron chi connectivity index (χ3n) is 3.62. The van der Waals surface area contributed by atoms with Gasteiger partial charge >= 0.3 is 0 Å². The topological polar surface area (TPSA) is 59.4 Å². The van der Waals surface area contributed by atoms with Crippen LogP contribution < -0.4 is 4.74 Å². The predicted octanol–water partition coefficient (Wildman–Crippen LogP) is 1.90. The van der Waals surface area contributed by atoms with Crippen molar-refractivity contribution in [3.8, 4) is 5.75 Å². The van der Waals surface area contributed by atoms with Crippen molar-refractivity contribution in [3.63, 3.8) is 0 Å². The summed E-state index contributed by atoms with van der Waals surface area (Å²) in [5.74, 6) is 1.00. The van der Waals surface area contributed by atoms with Crippen LogP contribution in [0.15, 0.2) is 18.5 Å². The van der Waals surface area contributed by atoms with Gasteiger partial charge in [-0.15, -0.1) is 0 Å². The summed E-state index contributed by atoms with van der Waals surface area (Å²) in [7, 11) is 1.61. The molecule has 4 nitrogen and oxygen atoms in total. The number of carbonyl (C=O) groups excluding carboxylic acids is 1. The van der Waals surface area contributed by atoms with Gasteiger partial charge in [-0.25, -0.2) is 0 Å². The second kappa shape index (κ2) is 5.48. The Hall–Kier alpha value is -1.42. The van der Waals surface area contributed by atoms with E-state index in [4.69, 9.17) is 4.74 Å². The molecule has 1 saturated carbocycles. The van der Waals surface area contributed by atoms with Gasteiger partial charge in [-0.3, -0.25) is 9.78 Å². The van der Waals surface area contributed by atoms with Crippen molar-refractivity contribution < 1.29 is 14.6 Å². The lowest BCUT2D eigenvalue weighted by atomic mass is 9.80. The fourth-order valence-electron chi connectivity index (χ4n) is 2.33. The van der Waals surface area contributed by atoms with Crippen LogP contribution in [0.5, 0.6) is 5.75 Å². The molecule has 0 radical (unpaired) electrons. The molecule has 0 aromatic carbocycles. The summed E-state index contributed by atoms with van der Waals surface area (Å²) < 4.78 is 5.12. The Morgan fingerprint density at radius 1 is 1.39 bits per heavy atom. The highest BCUT2D eigenvalue weighted by atomic mass is 16.5. The average molecular weight is 249 g/mol. The van der Waals surface area contributed by atoms with Crippen LogP contribution >= 0.6 is 0 Å². The number of Topliss-reactive ketones (excluding diaryl/α,β-unsaturated/α-hetero) is 1. The van der Waals surface area contributed by atoms with Gasteiger partial charge in [-0.2, -0.15) is 0 Å². The molecule has 0 aliphatic heterocycles. The molecule has 1 aliphatic rings. The third-order valence-corrected chi connectivity index (χ3v) is 3.62. The van der Waals surface area contributed by atoms with E-state index in [0.29, 0.717) is 32.1 Å².